The van der Waals surface area contributed by atoms with Crippen LogP contribution >= 0.6 is 0 Å². The number of hydrogen-bond donors (Lipinski definition) is 1. The maximum atomic E-state index is 6.40. The highest BCUT2D eigenvalue weighted by molar-refractivity contribution is 5.98. The molecule has 0 atom stereocenters. The van der Waals surface area contributed by atoms with E-state index in [4.69, 9.17) is 15.6 Å². The molecule has 8 nitrogen and oxygen atoms in total. The highest BCUT2D eigenvalue weighted by atomic mass is 16.5. The second-order valence-corrected chi connectivity index (χ2v) is 11.9. The summed E-state index contributed by atoms with van der Waals surface area (Å²) in [5.74, 6) is 2.07. The van der Waals surface area contributed by atoms with E-state index in [1.54, 1.807) is 6.33 Å². The van der Waals surface area contributed by atoms with Crippen molar-refractivity contribution in [3.8, 4) is 22.8 Å². The second kappa shape index (κ2) is 9.92. The number of piperidine rings is 1. The Bertz CT molecular complexity index is 1430. The number of nitrogens with two attached hydrogens (primary N) is 1. The SMILES string of the molecule is CN1CCC(N2CC3(CCC(n4nc(-c5ccc(Oc6ccccc6)cc5)c5c(N)ncnc54)CC3)C2)CC1. The van der Waals surface area contributed by atoms with Crippen LogP contribution in [0.5, 0.6) is 11.5 Å². The van der Waals surface area contributed by atoms with E-state index >= 15 is 0 Å². The maximum Gasteiger partial charge on any atom is 0.164 e. The summed E-state index contributed by atoms with van der Waals surface area (Å²) in [6.45, 7) is 5.01. The van der Waals surface area contributed by atoms with Crippen molar-refractivity contribution in [2.24, 2.45) is 5.41 Å². The summed E-state index contributed by atoms with van der Waals surface area (Å²) in [6, 6.07) is 19.0. The number of rotatable bonds is 5. The van der Waals surface area contributed by atoms with Gasteiger partial charge in [-0.2, -0.15) is 5.10 Å². The molecule has 0 radical (unpaired) electrons. The van der Waals surface area contributed by atoms with E-state index in [-0.39, 0.29) is 0 Å². The maximum absolute atomic E-state index is 6.40. The van der Waals surface area contributed by atoms with Gasteiger partial charge in [-0.25, -0.2) is 14.6 Å². The molecule has 8 heteroatoms. The van der Waals surface area contributed by atoms with E-state index in [2.05, 4.69) is 31.5 Å². The lowest BCUT2D eigenvalue weighted by Crippen LogP contribution is -2.62. The molecule has 1 saturated carbocycles. The number of para-hydroxylation sites is 1. The van der Waals surface area contributed by atoms with E-state index in [0.717, 1.165) is 52.7 Å². The molecule has 39 heavy (non-hydrogen) atoms. The Hall–Kier alpha value is -3.49. The van der Waals surface area contributed by atoms with Crippen LogP contribution in [-0.2, 0) is 0 Å². The van der Waals surface area contributed by atoms with Crippen LogP contribution in [0.15, 0.2) is 60.9 Å². The van der Waals surface area contributed by atoms with Gasteiger partial charge in [-0.05, 0) is 100 Å². The van der Waals surface area contributed by atoms with Crippen LogP contribution in [0.2, 0.25) is 0 Å². The van der Waals surface area contributed by atoms with E-state index in [0.29, 0.717) is 17.3 Å². The molecular formula is C31H37N7O. The first-order valence-corrected chi connectivity index (χ1v) is 14.3. The van der Waals surface area contributed by atoms with Crippen molar-refractivity contribution in [3.05, 3.63) is 60.9 Å². The van der Waals surface area contributed by atoms with E-state index in [1.165, 1.54) is 51.9 Å². The largest absolute Gasteiger partial charge is 0.457 e. The summed E-state index contributed by atoms with van der Waals surface area (Å²) in [5, 5.41) is 5.96. The first-order valence-electron chi connectivity index (χ1n) is 14.3. The quantitative estimate of drug-likeness (QED) is 0.376. The second-order valence-electron chi connectivity index (χ2n) is 11.9. The average Bonchev–Trinajstić information content (AvgIpc) is 3.34. The highest BCUT2D eigenvalue weighted by Gasteiger charge is 2.47. The Morgan fingerprint density at radius 2 is 1.54 bits per heavy atom. The molecule has 2 aromatic carbocycles. The fourth-order valence-electron chi connectivity index (χ4n) is 6.97. The molecule has 4 aromatic rings. The number of benzene rings is 2. The number of hydrogen-bond acceptors (Lipinski definition) is 7. The highest BCUT2D eigenvalue weighted by Crippen LogP contribution is 2.49. The van der Waals surface area contributed by atoms with Gasteiger partial charge in [0.05, 0.1) is 11.4 Å². The van der Waals surface area contributed by atoms with Gasteiger partial charge in [0.1, 0.15) is 29.3 Å². The van der Waals surface area contributed by atoms with E-state index in [9.17, 15) is 0 Å². The fraction of sp³-hybridized carbons (Fsp3) is 0.452. The molecule has 202 valence electrons. The molecule has 4 heterocycles. The molecule has 0 bridgehead atoms. The lowest BCUT2D eigenvalue weighted by atomic mass is 9.66. The number of nitrogens with zero attached hydrogens (tertiary/aromatic N) is 6. The first kappa shape index (κ1) is 24.5. The summed E-state index contributed by atoms with van der Waals surface area (Å²) in [5.41, 5.74) is 9.56. The van der Waals surface area contributed by atoms with Gasteiger partial charge in [0.15, 0.2) is 5.65 Å². The Labute approximate surface area is 229 Å². The molecule has 0 amide bonds. The van der Waals surface area contributed by atoms with Crippen LogP contribution in [0.3, 0.4) is 0 Å². The van der Waals surface area contributed by atoms with Crippen molar-refractivity contribution in [3.63, 3.8) is 0 Å². The van der Waals surface area contributed by atoms with E-state index in [1.807, 2.05) is 54.6 Å². The Kier molecular flexibility index (Phi) is 6.24. The molecular weight excluding hydrogens is 486 g/mol. The van der Waals surface area contributed by atoms with Gasteiger partial charge in [0, 0.05) is 24.7 Å². The van der Waals surface area contributed by atoms with Gasteiger partial charge in [0.25, 0.3) is 0 Å². The Morgan fingerprint density at radius 1 is 0.846 bits per heavy atom. The predicted octanol–water partition coefficient (Wildman–Crippen LogP) is 5.38. The van der Waals surface area contributed by atoms with Crippen LogP contribution in [0.4, 0.5) is 5.82 Å². The molecule has 7 rings (SSSR count). The Balaban J connectivity index is 1.08. The minimum absolute atomic E-state index is 0.333. The normalized spacial score (nSPS) is 20.8. The van der Waals surface area contributed by atoms with Crippen molar-refractivity contribution < 1.29 is 4.74 Å². The summed E-state index contributed by atoms with van der Waals surface area (Å²) < 4.78 is 8.12. The molecule has 2 aliphatic heterocycles. The number of nitrogen functional groups attached to an aromatic ring is 1. The number of ether oxygens (including phenoxy) is 1. The van der Waals surface area contributed by atoms with Crippen molar-refractivity contribution in [2.45, 2.75) is 50.6 Å². The van der Waals surface area contributed by atoms with Crippen LogP contribution in [-0.4, -0.2) is 68.8 Å². The lowest BCUT2D eigenvalue weighted by Gasteiger charge is -2.57. The van der Waals surface area contributed by atoms with Gasteiger partial charge >= 0.3 is 0 Å². The van der Waals surface area contributed by atoms with Gasteiger partial charge in [-0.3, -0.25) is 4.90 Å². The summed E-state index contributed by atoms with van der Waals surface area (Å²) in [4.78, 5) is 14.2. The molecule has 3 aliphatic rings. The minimum Gasteiger partial charge on any atom is -0.457 e. The zero-order valence-corrected chi connectivity index (χ0v) is 22.7. The molecule has 2 saturated heterocycles. The van der Waals surface area contributed by atoms with Crippen molar-refractivity contribution in [1.29, 1.82) is 0 Å². The molecule has 2 N–H and O–H groups in total. The monoisotopic (exact) mass is 523 g/mol. The lowest BCUT2D eigenvalue weighted by molar-refractivity contribution is -0.0730. The van der Waals surface area contributed by atoms with Crippen LogP contribution in [0.25, 0.3) is 22.3 Å². The fourth-order valence-corrected chi connectivity index (χ4v) is 6.97. The molecule has 1 aliphatic carbocycles. The third kappa shape index (κ3) is 4.66. The van der Waals surface area contributed by atoms with Crippen molar-refractivity contribution in [2.75, 3.05) is 39.0 Å². The Morgan fingerprint density at radius 3 is 2.26 bits per heavy atom. The zero-order chi connectivity index (χ0) is 26.4. The average molecular weight is 524 g/mol. The number of anilines is 1. The first-order chi connectivity index (χ1) is 19.1. The predicted molar refractivity (Wildman–Crippen MR) is 154 cm³/mol. The summed E-state index contributed by atoms with van der Waals surface area (Å²) >= 11 is 0. The number of fused-ring (bicyclic) bond motifs is 1. The number of likely N-dealkylation sites (tertiary alicyclic amines) is 2. The smallest absolute Gasteiger partial charge is 0.164 e. The minimum atomic E-state index is 0.333. The summed E-state index contributed by atoms with van der Waals surface area (Å²) in [6.07, 6.45) is 8.96. The van der Waals surface area contributed by atoms with Gasteiger partial charge < -0.3 is 15.4 Å². The van der Waals surface area contributed by atoms with Crippen LogP contribution in [0.1, 0.15) is 44.6 Å². The van der Waals surface area contributed by atoms with Crippen molar-refractivity contribution in [1.82, 2.24) is 29.5 Å². The molecule has 2 aromatic heterocycles. The molecule has 1 spiro atoms. The van der Waals surface area contributed by atoms with Gasteiger partial charge in [0.2, 0.25) is 0 Å². The third-order valence-electron chi connectivity index (χ3n) is 9.27. The third-order valence-corrected chi connectivity index (χ3v) is 9.27. The van der Waals surface area contributed by atoms with Crippen LogP contribution in [0, 0.1) is 5.41 Å². The number of aromatic nitrogens is 4. The van der Waals surface area contributed by atoms with Gasteiger partial charge in [-0.1, -0.05) is 18.2 Å². The van der Waals surface area contributed by atoms with Gasteiger partial charge in [-0.15, -0.1) is 0 Å². The van der Waals surface area contributed by atoms with Crippen LogP contribution < -0.4 is 10.5 Å². The molecule has 3 fully saturated rings. The standard InChI is InChI=1S/C31H37N7O/c1-36-17-13-23(14-18-36)37-19-31(20-37)15-11-24(12-16-31)38-30-27(29(32)33-21-34-30)28(35-38)22-7-9-26(10-8-22)39-25-5-3-2-4-6-25/h2-10,21,23-24H,11-20H2,1H3,(H2,32,33,34). The van der Waals surface area contributed by atoms with E-state index < -0.39 is 0 Å². The topological polar surface area (TPSA) is 85.3 Å². The zero-order valence-electron chi connectivity index (χ0n) is 22.7. The molecule has 0 unspecified atom stereocenters. The van der Waals surface area contributed by atoms with Crippen molar-refractivity contribution >= 4 is 16.9 Å². The summed E-state index contributed by atoms with van der Waals surface area (Å²) in [7, 11) is 2.24.